The van der Waals surface area contributed by atoms with Gasteiger partial charge in [-0.3, -0.25) is 0 Å². The van der Waals surface area contributed by atoms with Crippen LogP contribution in [0.5, 0.6) is 0 Å². The van der Waals surface area contributed by atoms with Crippen LogP contribution < -0.4 is 11.1 Å². The van der Waals surface area contributed by atoms with Crippen molar-refractivity contribution in [3.05, 3.63) is 36.0 Å². The van der Waals surface area contributed by atoms with Crippen molar-refractivity contribution in [2.75, 3.05) is 13.6 Å². The highest BCUT2D eigenvalue weighted by Crippen LogP contribution is 2.32. The summed E-state index contributed by atoms with van der Waals surface area (Å²) in [5.41, 5.74) is 8.62. The third-order valence-electron chi connectivity index (χ3n) is 4.13. The lowest BCUT2D eigenvalue weighted by atomic mass is 9.84. The zero-order valence-electron chi connectivity index (χ0n) is 12.4. The van der Waals surface area contributed by atoms with E-state index in [4.69, 9.17) is 5.73 Å². The summed E-state index contributed by atoms with van der Waals surface area (Å²) < 4.78 is 2.20. The number of para-hydroxylation sites is 1. The Morgan fingerprint density at radius 2 is 1.95 bits per heavy atom. The van der Waals surface area contributed by atoms with Gasteiger partial charge in [-0.15, -0.1) is 0 Å². The molecule has 104 valence electrons. The average Bonchev–Trinajstić information content (AvgIpc) is 2.73. The second kappa shape index (κ2) is 5.76. The summed E-state index contributed by atoms with van der Waals surface area (Å²) in [7, 11) is 4.13. The van der Waals surface area contributed by atoms with E-state index in [1.54, 1.807) is 0 Å². The topological polar surface area (TPSA) is 43.0 Å². The van der Waals surface area contributed by atoms with Gasteiger partial charge in [-0.2, -0.15) is 0 Å². The molecule has 1 aromatic heterocycles. The first-order valence-electron chi connectivity index (χ1n) is 7.01. The maximum atomic E-state index is 5.99. The van der Waals surface area contributed by atoms with Gasteiger partial charge in [0.25, 0.3) is 0 Å². The molecule has 2 aromatic rings. The number of hydrogen-bond acceptors (Lipinski definition) is 2. The molecule has 0 saturated carbocycles. The fraction of sp³-hybridized carbons (Fsp3) is 0.500. The Hall–Kier alpha value is -1.32. The van der Waals surface area contributed by atoms with E-state index >= 15 is 0 Å². The molecule has 0 aliphatic rings. The lowest BCUT2D eigenvalue weighted by Gasteiger charge is -2.29. The number of hydrogen-bond donors (Lipinski definition) is 2. The van der Waals surface area contributed by atoms with Crippen molar-refractivity contribution in [1.29, 1.82) is 0 Å². The molecule has 3 N–H and O–H groups in total. The Balaban J connectivity index is 2.52. The summed E-state index contributed by atoms with van der Waals surface area (Å²) in [6, 6.07) is 8.85. The SMILES string of the molecule is CNC(c1cn(C)c2ccccc12)C(CN)C(C)C. The third-order valence-corrected chi connectivity index (χ3v) is 4.13. The molecule has 0 amide bonds. The van der Waals surface area contributed by atoms with Crippen LogP contribution in [-0.2, 0) is 7.05 Å². The number of aryl methyl sites for hydroxylation is 1. The second-order valence-corrected chi connectivity index (χ2v) is 5.62. The lowest BCUT2D eigenvalue weighted by Crippen LogP contribution is -2.33. The van der Waals surface area contributed by atoms with Gasteiger partial charge in [-0.1, -0.05) is 32.0 Å². The van der Waals surface area contributed by atoms with Crippen molar-refractivity contribution in [3.63, 3.8) is 0 Å². The lowest BCUT2D eigenvalue weighted by molar-refractivity contribution is 0.300. The van der Waals surface area contributed by atoms with Gasteiger partial charge in [0.05, 0.1) is 0 Å². The Bertz CT molecular complexity index is 542. The normalized spacial score (nSPS) is 15.1. The molecule has 0 fully saturated rings. The van der Waals surface area contributed by atoms with Crippen molar-refractivity contribution < 1.29 is 0 Å². The van der Waals surface area contributed by atoms with Crippen LogP contribution in [0.2, 0.25) is 0 Å². The first-order valence-corrected chi connectivity index (χ1v) is 7.01. The number of nitrogens with two attached hydrogens (primary N) is 1. The van der Waals surface area contributed by atoms with Crippen molar-refractivity contribution >= 4 is 10.9 Å². The van der Waals surface area contributed by atoms with Crippen LogP contribution in [0.1, 0.15) is 25.5 Å². The van der Waals surface area contributed by atoms with Crippen LogP contribution >= 0.6 is 0 Å². The molecule has 3 heteroatoms. The van der Waals surface area contributed by atoms with E-state index in [0.29, 0.717) is 24.4 Å². The van der Waals surface area contributed by atoms with E-state index in [9.17, 15) is 0 Å². The standard InChI is InChI=1S/C16H25N3/c1-11(2)13(9-17)16(18-3)14-10-19(4)15-8-6-5-7-12(14)15/h5-8,10-11,13,16,18H,9,17H2,1-4H3. The smallest absolute Gasteiger partial charge is 0.0481 e. The summed E-state index contributed by atoms with van der Waals surface area (Å²) in [4.78, 5) is 0. The molecule has 0 radical (unpaired) electrons. The van der Waals surface area contributed by atoms with Crippen molar-refractivity contribution in [2.24, 2.45) is 24.6 Å². The average molecular weight is 259 g/mol. The molecular weight excluding hydrogens is 234 g/mol. The van der Waals surface area contributed by atoms with Gasteiger partial charge >= 0.3 is 0 Å². The quantitative estimate of drug-likeness (QED) is 0.867. The van der Waals surface area contributed by atoms with Crippen LogP contribution in [0, 0.1) is 11.8 Å². The molecule has 2 atom stereocenters. The fourth-order valence-electron chi connectivity index (χ4n) is 3.01. The van der Waals surface area contributed by atoms with E-state index in [0.717, 1.165) is 0 Å². The molecule has 3 nitrogen and oxygen atoms in total. The summed E-state index contributed by atoms with van der Waals surface area (Å²) in [6.45, 7) is 5.19. The van der Waals surface area contributed by atoms with Gasteiger partial charge in [-0.05, 0) is 37.1 Å². The van der Waals surface area contributed by atoms with Crippen LogP contribution in [0.3, 0.4) is 0 Å². The van der Waals surface area contributed by atoms with E-state index in [1.165, 1.54) is 16.5 Å². The van der Waals surface area contributed by atoms with Crippen LogP contribution in [0.25, 0.3) is 10.9 Å². The van der Waals surface area contributed by atoms with Crippen LogP contribution in [0.15, 0.2) is 30.5 Å². The van der Waals surface area contributed by atoms with Gasteiger partial charge in [0.2, 0.25) is 0 Å². The highest BCUT2D eigenvalue weighted by atomic mass is 14.9. The Kier molecular flexibility index (Phi) is 4.27. The monoisotopic (exact) mass is 259 g/mol. The van der Waals surface area contributed by atoms with Gasteiger partial charge in [0, 0.05) is 30.2 Å². The minimum absolute atomic E-state index is 0.302. The number of nitrogens with zero attached hydrogens (tertiary/aromatic N) is 1. The Morgan fingerprint density at radius 1 is 1.26 bits per heavy atom. The van der Waals surface area contributed by atoms with Gasteiger partial charge in [-0.25, -0.2) is 0 Å². The summed E-state index contributed by atoms with van der Waals surface area (Å²) in [5, 5.41) is 4.79. The molecule has 0 aliphatic heterocycles. The molecule has 2 unspecified atom stereocenters. The first-order chi connectivity index (χ1) is 9.10. The number of rotatable bonds is 5. The fourth-order valence-corrected chi connectivity index (χ4v) is 3.01. The highest BCUT2D eigenvalue weighted by Gasteiger charge is 2.26. The number of fused-ring (bicyclic) bond motifs is 1. The van der Waals surface area contributed by atoms with Crippen molar-refractivity contribution in [1.82, 2.24) is 9.88 Å². The van der Waals surface area contributed by atoms with Gasteiger partial charge in [0.1, 0.15) is 0 Å². The van der Waals surface area contributed by atoms with Gasteiger partial charge in [0.15, 0.2) is 0 Å². The summed E-state index contributed by atoms with van der Waals surface area (Å²) >= 11 is 0. The zero-order chi connectivity index (χ0) is 14.0. The first kappa shape index (κ1) is 14.1. The minimum atomic E-state index is 0.302. The van der Waals surface area contributed by atoms with E-state index < -0.39 is 0 Å². The number of benzene rings is 1. The predicted octanol–water partition coefficient (Wildman–Crippen LogP) is 2.67. The molecule has 0 bridgehead atoms. The maximum Gasteiger partial charge on any atom is 0.0481 e. The molecule has 0 saturated heterocycles. The zero-order valence-corrected chi connectivity index (χ0v) is 12.4. The molecule has 1 heterocycles. The minimum Gasteiger partial charge on any atom is -0.350 e. The third kappa shape index (κ3) is 2.53. The predicted molar refractivity (Wildman–Crippen MR) is 82.1 cm³/mol. The van der Waals surface area contributed by atoms with E-state index in [2.05, 4.69) is 61.2 Å². The Labute approximate surface area is 115 Å². The molecule has 1 aromatic carbocycles. The van der Waals surface area contributed by atoms with Crippen LogP contribution in [-0.4, -0.2) is 18.2 Å². The van der Waals surface area contributed by atoms with Crippen LogP contribution in [0.4, 0.5) is 0 Å². The van der Waals surface area contributed by atoms with Crippen molar-refractivity contribution in [3.8, 4) is 0 Å². The summed E-state index contributed by atoms with van der Waals surface area (Å²) in [6.07, 6.45) is 2.23. The number of nitrogens with one attached hydrogen (secondary N) is 1. The van der Waals surface area contributed by atoms with E-state index in [-0.39, 0.29) is 0 Å². The largest absolute Gasteiger partial charge is 0.350 e. The number of aromatic nitrogens is 1. The van der Waals surface area contributed by atoms with Crippen molar-refractivity contribution in [2.45, 2.75) is 19.9 Å². The highest BCUT2D eigenvalue weighted by molar-refractivity contribution is 5.84. The molecule has 0 spiro atoms. The molecule has 0 aliphatic carbocycles. The Morgan fingerprint density at radius 3 is 2.53 bits per heavy atom. The maximum absolute atomic E-state index is 5.99. The van der Waals surface area contributed by atoms with Gasteiger partial charge < -0.3 is 15.6 Å². The second-order valence-electron chi connectivity index (χ2n) is 5.62. The molecule has 2 rings (SSSR count). The van der Waals surface area contributed by atoms with E-state index in [1.807, 2.05) is 7.05 Å². The molecular formula is C16H25N3. The molecule has 19 heavy (non-hydrogen) atoms. The summed E-state index contributed by atoms with van der Waals surface area (Å²) in [5.74, 6) is 0.997.